The smallest absolute Gasteiger partial charge is 0.320 e. The monoisotopic (exact) mass is 308 g/mol. The van der Waals surface area contributed by atoms with Gasteiger partial charge in [0.15, 0.2) is 5.92 Å². The molecule has 0 aliphatic rings. The van der Waals surface area contributed by atoms with Crippen LogP contribution in [0.4, 0.5) is 0 Å². The molecule has 5 heteroatoms. The Bertz CT molecular complexity index is 453. The number of rotatable bonds is 8. The highest BCUT2D eigenvalue weighted by atomic mass is 16.6. The molecule has 0 heterocycles. The van der Waals surface area contributed by atoms with Gasteiger partial charge in [-0.3, -0.25) is 9.59 Å². The maximum absolute atomic E-state index is 12.1. The Kier molecular flexibility index (Phi) is 7.43. The summed E-state index contributed by atoms with van der Waals surface area (Å²) in [6, 6.07) is 9.27. The summed E-state index contributed by atoms with van der Waals surface area (Å²) in [5, 5.41) is 0. The van der Waals surface area contributed by atoms with Crippen LogP contribution in [0.2, 0.25) is 0 Å². The summed E-state index contributed by atoms with van der Waals surface area (Å²) in [5.74, 6) is -1.82. The number of para-hydroxylation sites is 1. The number of carbonyl (C=O) groups is 2. The fourth-order valence-electron chi connectivity index (χ4n) is 2.08. The molecule has 2 unspecified atom stereocenters. The van der Waals surface area contributed by atoms with Crippen LogP contribution in [0.25, 0.3) is 0 Å². The third-order valence-corrected chi connectivity index (χ3v) is 3.41. The highest BCUT2D eigenvalue weighted by Crippen LogP contribution is 2.23. The topological polar surface area (TPSA) is 61.8 Å². The van der Waals surface area contributed by atoms with Crippen molar-refractivity contribution in [2.75, 3.05) is 13.2 Å². The van der Waals surface area contributed by atoms with Crippen molar-refractivity contribution < 1.29 is 23.8 Å². The molecular formula is C17H24O5. The fraction of sp³-hybridized carbons (Fsp3) is 0.529. The van der Waals surface area contributed by atoms with E-state index >= 15 is 0 Å². The van der Waals surface area contributed by atoms with Crippen LogP contribution in [-0.4, -0.2) is 31.3 Å². The lowest BCUT2D eigenvalue weighted by atomic mass is 9.89. The second-order valence-electron chi connectivity index (χ2n) is 4.98. The standard InChI is InChI=1S/C17H24O5/c1-5-20-16(18)15(17(19)21-6-2)12(3)13(4)22-14-10-8-7-9-11-14/h7-13,15H,5-6H2,1-4H3. The van der Waals surface area contributed by atoms with E-state index in [1.807, 2.05) is 37.3 Å². The van der Waals surface area contributed by atoms with Crippen LogP contribution in [0.5, 0.6) is 5.75 Å². The molecule has 122 valence electrons. The van der Waals surface area contributed by atoms with Crippen LogP contribution in [0.3, 0.4) is 0 Å². The summed E-state index contributed by atoms with van der Waals surface area (Å²) in [6.07, 6.45) is -0.346. The van der Waals surface area contributed by atoms with Crippen LogP contribution in [-0.2, 0) is 19.1 Å². The summed E-state index contributed by atoms with van der Waals surface area (Å²) < 4.78 is 15.8. The van der Waals surface area contributed by atoms with E-state index in [1.54, 1.807) is 20.8 Å². The van der Waals surface area contributed by atoms with E-state index < -0.39 is 17.9 Å². The zero-order chi connectivity index (χ0) is 16.5. The fourth-order valence-corrected chi connectivity index (χ4v) is 2.08. The van der Waals surface area contributed by atoms with Gasteiger partial charge in [-0.05, 0) is 32.9 Å². The van der Waals surface area contributed by atoms with E-state index in [2.05, 4.69) is 0 Å². The number of carbonyl (C=O) groups excluding carboxylic acids is 2. The average molecular weight is 308 g/mol. The highest BCUT2D eigenvalue weighted by molar-refractivity contribution is 5.95. The van der Waals surface area contributed by atoms with Crippen LogP contribution < -0.4 is 4.74 Å². The lowest BCUT2D eigenvalue weighted by molar-refractivity contribution is -0.165. The van der Waals surface area contributed by atoms with Crippen molar-refractivity contribution in [3.63, 3.8) is 0 Å². The maximum atomic E-state index is 12.1. The number of ether oxygens (including phenoxy) is 3. The van der Waals surface area contributed by atoms with Crippen molar-refractivity contribution in [2.45, 2.75) is 33.8 Å². The normalized spacial score (nSPS) is 13.3. The summed E-state index contributed by atoms with van der Waals surface area (Å²) in [4.78, 5) is 24.2. The number of hydrogen-bond acceptors (Lipinski definition) is 5. The third-order valence-electron chi connectivity index (χ3n) is 3.41. The van der Waals surface area contributed by atoms with E-state index in [9.17, 15) is 9.59 Å². The maximum Gasteiger partial charge on any atom is 0.320 e. The van der Waals surface area contributed by atoms with Gasteiger partial charge < -0.3 is 14.2 Å². The van der Waals surface area contributed by atoms with Gasteiger partial charge in [-0.1, -0.05) is 25.1 Å². The lowest BCUT2D eigenvalue weighted by Gasteiger charge is -2.26. The molecule has 0 aliphatic carbocycles. The second kappa shape index (κ2) is 9.07. The Hall–Kier alpha value is -2.04. The van der Waals surface area contributed by atoms with Gasteiger partial charge in [0.2, 0.25) is 0 Å². The van der Waals surface area contributed by atoms with E-state index in [0.717, 1.165) is 0 Å². The van der Waals surface area contributed by atoms with E-state index in [1.165, 1.54) is 0 Å². The molecule has 0 aliphatic heterocycles. The van der Waals surface area contributed by atoms with Crippen molar-refractivity contribution in [1.29, 1.82) is 0 Å². The summed E-state index contributed by atoms with van der Waals surface area (Å²) in [5.41, 5.74) is 0. The molecule has 1 aromatic rings. The Labute approximate surface area is 131 Å². The molecule has 0 bridgehead atoms. The Morgan fingerprint density at radius 3 is 1.91 bits per heavy atom. The molecule has 0 N–H and O–H groups in total. The predicted molar refractivity (Wildman–Crippen MR) is 82.5 cm³/mol. The van der Waals surface area contributed by atoms with Gasteiger partial charge in [-0.2, -0.15) is 0 Å². The largest absolute Gasteiger partial charge is 0.490 e. The molecule has 2 atom stereocenters. The number of hydrogen-bond donors (Lipinski definition) is 0. The summed E-state index contributed by atoms with van der Waals surface area (Å²) in [6.45, 7) is 7.45. The minimum atomic E-state index is -0.987. The molecule has 22 heavy (non-hydrogen) atoms. The van der Waals surface area contributed by atoms with Crippen LogP contribution in [0, 0.1) is 11.8 Å². The first-order valence-electron chi connectivity index (χ1n) is 7.56. The van der Waals surface area contributed by atoms with Gasteiger partial charge >= 0.3 is 11.9 Å². The molecule has 0 saturated carbocycles. The van der Waals surface area contributed by atoms with E-state index in [0.29, 0.717) is 5.75 Å². The first-order valence-corrected chi connectivity index (χ1v) is 7.56. The SMILES string of the molecule is CCOC(=O)C(C(=O)OCC)C(C)C(C)Oc1ccccc1. The van der Waals surface area contributed by atoms with Gasteiger partial charge in [-0.25, -0.2) is 0 Å². The highest BCUT2D eigenvalue weighted by Gasteiger charge is 2.38. The van der Waals surface area contributed by atoms with E-state index in [-0.39, 0.29) is 25.2 Å². The Morgan fingerprint density at radius 1 is 0.955 bits per heavy atom. The quantitative estimate of drug-likeness (QED) is 0.546. The summed E-state index contributed by atoms with van der Waals surface area (Å²) in [7, 11) is 0. The van der Waals surface area contributed by atoms with Crippen molar-refractivity contribution in [3.05, 3.63) is 30.3 Å². The predicted octanol–water partition coefficient (Wildman–Crippen LogP) is 2.83. The van der Waals surface area contributed by atoms with Gasteiger partial charge in [0.25, 0.3) is 0 Å². The van der Waals surface area contributed by atoms with Gasteiger partial charge in [0, 0.05) is 5.92 Å². The molecule has 0 spiro atoms. The minimum Gasteiger partial charge on any atom is -0.490 e. The molecule has 0 saturated heterocycles. The zero-order valence-electron chi connectivity index (χ0n) is 13.6. The van der Waals surface area contributed by atoms with Crippen molar-refractivity contribution in [1.82, 2.24) is 0 Å². The van der Waals surface area contributed by atoms with Gasteiger partial charge in [0.05, 0.1) is 19.3 Å². The third kappa shape index (κ3) is 5.06. The number of esters is 2. The van der Waals surface area contributed by atoms with Crippen molar-refractivity contribution in [2.24, 2.45) is 11.8 Å². The molecule has 0 radical (unpaired) electrons. The Morgan fingerprint density at radius 2 is 1.45 bits per heavy atom. The molecule has 0 aromatic heterocycles. The molecule has 0 amide bonds. The van der Waals surface area contributed by atoms with Gasteiger partial charge in [0.1, 0.15) is 5.75 Å². The van der Waals surface area contributed by atoms with Crippen molar-refractivity contribution in [3.8, 4) is 5.75 Å². The first-order chi connectivity index (χ1) is 10.5. The van der Waals surface area contributed by atoms with Crippen LogP contribution >= 0.6 is 0 Å². The zero-order valence-corrected chi connectivity index (χ0v) is 13.6. The van der Waals surface area contributed by atoms with Gasteiger partial charge in [-0.15, -0.1) is 0 Å². The molecular weight excluding hydrogens is 284 g/mol. The number of benzene rings is 1. The molecule has 1 aromatic carbocycles. The second-order valence-corrected chi connectivity index (χ2v) is 4.98. The van der Waals surface area contributed by atoms with Crippen molar-refractivity contribution >= 4 is 11.9 Å². The van der Waals surface area contributed by atoms with Crippen LogP contribution in [0.1, 0.15) is 27.7 Å². The molecule has 0 fully saturated rings. The summed E-state index contributed by atoms with van der Waals surface area (Å²) >= 11 is 0. The van der Waals surface area contributed by atoms with Crippen LogP contribution in [0.15, 0.2) is 30.3 Å². The Balaban J connectivity index is 2.83. The first kappa shape index (κ1) is 18.0. The molecule has 1 rings (SSSR count). The minimum absolute atomic E-state index is 0.218. The van der Waals surface area contributed by atoms with E-state index in [4.69, 9.17) is 14.2 Å². The molecule has 5 nitrogen and oxygen atoms in total. The lowest BCUT2D eigenvalue weighted by Crippen LogP contribution is -2.39. The average Bonchev–Trinajstić information content (AvgIpc) is 2.49.